The monoisotopic (exact) mass is 488 g/mol. The Hall–Kier alpha value is -2.88. The molecule has 0 spiro atoms. The summed E-state index contributed by atoms with van der Waals surface area (Å²) in [7, 11) is 0. The molecule has 0 aliphatic heterocycles. The third-order valence-corrected chi connectivity index (χ3v) is 6.15. The lowest BCUT2D eigenvalue weighted by atomic mass is 9.90. The van der Waals surface area contributed by atoms with Gasteiger partial charge < -0.3 is 15.2 Å². The number of esters is 1. The topological polar surface area (TPSA) is 125 Å². The van der Waals surface area contributed by atoms with Crippen LogP contribution in [0.25, 0.3) is 0 Å². The summed E-state index contributed by atoms with van der Waals surface area (Å²) >= 11 is 1.45. The normalized spacial score (nSPS) is 13.6. The lowest BCUT2D eigenvalue weighted by molar-refractivity contribution is -0.151. The first-order valence-electron chi connectivity index (χ1n) is 11.1. The lowest BCUT2D eigenvalue weighted by Crippen LogP contribution is -2.51. The van der Waals surface area contributed by atoms with Crippen molar-refractivity contribution >= 4 is 29.5 Å². The zero-order valence-corrected chi connectivity index (χ0v) is 20.2. The highest BCUT2D eigenvalue weighted by molar-refractivity contribution is 7.98. The molecule has 0 saturated carbocycles. The molecule has 9 heteroatoms. The van der Waals surface area contributed by atoms with Gasteiger partial charge in [0.2, 0.25) is 5.91 Å². The van der Waals surface area contributed by atoms with Crippen LogP contribution in [0.3, 0.4) is 0 Å². The maximum Gasteiger partial charge on any atom is 0.329 e. The molecule has 2 rings (SSSR count). The number of thioether (sulfide) groups is 1. The molecule has 0 aliphatic carbocycles. The average molecular weight is 489 g/mol. The van der Waals surface area contributed by atoms with Gasteiger partial charge in [0.05, 0.1) is 5.92 Å². The smallest absolute Gasteiger partial charge is 0.329 e. The largest absolute Gasteiger partial charge is 0.459 e. The predicted molar refractivity (Wildman–Crippen MR) is 130 cm³/mol. The van der Waals surface area contributed by atoms with Crippen LogP contribution in [0.15, 0.2) is 60.7 Å². The predicted octanol–water partition coefficient (Wildman–Crippen LogP) is 2.68. The third-order valence-electron chi connectivity index (χ3n) is 5.04. The van der Waals surface area contributed by atoms with E-state index in [0.29, 0.717) is 5.75 Å². The van der Waals surface area contributed by atoms with Crippen molar-refractivity contribution < 1.29 is 29.4 Å². The van der Waals surface area contributed by atoms with E-state index in [1.54, 1.807) is 0 Å². The minimum absolute atomic E-state index is 0.0205. The van der Waals surface area contributed by atoms with E-state index < -0.39 is 35.8 Å². The standard InChI is InChI=1S/C25H32N2O6S/c1-17(2)13-20(22(28)24(30)27-32)23(29)26-21(16-34-15-19-11-7-4-8-12-19)25(31)33-14-18-9-5-3-6-10-18/h3-12,17,20-22,28,32H,13-16H2,1-2H3,(H,26,29)(H,27,30)/t20-,21+,22+/m1/s1. The molecule has 0 heterocycles. The van der Waals surface area contributed by atoms with Gasteiger partial charge in [0.15, 0.2) is 0 Å². The summed E-state index contributed by atoms with van der Waals surface area (Å²) in [5, 5.41) is 21.8. The van der Waals surface area contributed by atoms with Crippen LogP contribution >= 0.6 is 11.8 Å². The van der Waals surface area contributed by atoms with Crippen LogP contribution in [-0.4, -0.2) is 46.0 Å². The Balaban J connectivity index is 2.10. The summed E-state index contributed by atoms with van der Waals surface area (Å²) in [5.41, 5.74) is 3.26. The highest BCUT2D eigenvalue weighted by Gasteiger charge is 2.35. The molecule has 2 amide bonds. The summed E-state index contributed by atoms with van der Waals surface area (Å²) in [6.45, 7) is 3.73. The van der Waals surface area contributed by atoms with Gasteiger partial charge in [-0.3, -0.25) is 14.8 Å². The first kappa shape index (κ1) is 27.4. The molecular weight excluding hydrogens is 456 g/mol. The van der Waals surface area contributed by atoms with Crippen molar-refractivity contribution in [2.45, 2.75) is 44.8 Å². The van der Waals surface area contributed by atoms with Crippen LogP contribution in [0.1, 0.15) is 31.4 Å². The van der Waals surface area contributed by atoms with Gasteiger partial charge in [0.1, 0.15) is 18.8 Å². The van der Waals surface area contributed by atoms with Crippen LogP contribution in [0, 0.1) is 11.8 Å². The van der Waals surface area contributed by atoms with Gasteiger partial charge in [-0.1, -0.05) is 74.5 Å². The van der Waals surface area contributed by atoms with E-state index in [1.807, 2.05) is 74.5 Å². The van der Waals surface area contributed by atoms with E-state index in [-0.39, 0.29) is 24.7 Å². The Kier molecular flexibility index (Phi) is 11.6. The number of rotatable bonds is 13. The molecule has 2 aromatic rings. The molecule has 0 aromatic heterocycles. The molecular formula is C25H32N2O6S. The number of hydroxylamine groups is 1. The number of hydrogen-bond donors (Lipinski definition) is 4. The maximum atomic E-state index is 13.0. The third kappa shape index (κ3) is 9.17. The van der Waals surface area contributed by atoms with Crippen LogP contribution < -0.4 is 10.8 Å². The summed E-state index contributed by atoms with van der Waals surface area (Å²) in [6.07, 6.45) is -1.58. The van der Waals surface area contributed by atoms with E-state index in [2.05, 4.69) is 5.32 Å². The molecule has 0 aliphatic rings. The van der Waals surface area contributed by atoms with Gasteiger partial charge in [0, 0.05) is 11.5 Å². The number of ether oxygens (including phenoxy) is 1. The lowest BCUT2D eigenvalue weighted by Gasteiger charge is -2.25. The fraction of sp³-hybridized carbons (Fsp3) is 0.400. The number of aliphatic hydroxyl groups excluding tert-OH is 1. The van der Waals surface area contributed by atoms with Crippen molar-refractivity contribution in [2.75, 3.05) is 5.75 Å². The molecule has 8 nitrogen and oxygen atoms in total. The Bertz CT molecular complexity index is 910. The Morgan fingerprint density at radius 1 is 0.941 bits per heavy atom. The molecule has 0 radical (unpaired) electrons. The molecule has 0 fully saturated rings. The van der Waals surface area contributed by atoms with Gasteiger partial charge in [-0.25, -0.2) is 10.3 Å². The summed E-state index contributed by atoms with van der Waals surface area (Å²) in [4.78, 5) is 37.6. The van der Waals surface area contributed by atoms with Crippen LogP contribution in [0.4, 0.5) is 0 Å². The average Bonchev–Trinajstić information content (AvgIpc) is 2.85. The van der Waals surface area contributed by atoms with Gasteiger partial charge in [-0.05, 0) is 23.5 Å². The second-order valence-corrected chi connectivity index (χ2v) is 9.34. The zero-order chi connectivity index (χ0) is 24.9. The minimum Gasteiger partial charge on any atom is -0.459 e. The van der Waals surface area contributed by atoms with Crippen molar-refractivity contribution in [2.24, 2.45) is 11.8 Å². The number of carbonyl (C=O) groups is 3. The molecule has 3 atom stereocenters. The van der Waals surface area contributed by atoms with Crippen molar-refractivity contribution in [1.82, 2.24) is 10.8 Å². The Labute approximate surface area is 204 Å². The van der Waals surface area contributed by atoms with Gasteiger partial charge in [-0.2, -0.15) is 11.8 Å². The van der Waals surface area contributed by atoms with E-state index in [4.69, 9.17) is 9.94 Å². The summed E-state index contributed by atoms with van der Waals surface area (Å²) in [6, 6.07) is 17.9. The molecule has 0 unspecified atom stereocenters. The number of nitrogens with one attached hydrogen (secondary N) is 2. The SMILES string of the molecule is CC(C)C[C@@H](C(=O)N[C@@H](CSCc1ccccc1)C(=O)OCc1ccccc1)[C@H](O)C(=O)NO. The molecule has 2 aromatic carbocycles. The minimum atomic E-state index is -1.76. The number of carbonyl (C=O) groups excluding carboxylic acids is 3. The quantitative estimate of drug-likeness (QED) is 0.194. The molecule has 34 heavy (non-hydrogen) atoms. The first-order valence-corrected chi connectivity index (χ1v) is 12.2. The molecule has 184 valence electrons. The summed E-state index contributed by atoms with van der Waals surface area (Å²) in [5.74, 6) is -2.64. The van der Waals surface area contributed by atoms with Crippen LogP contribution in [0.2, 0.25) is 0 Å². The van der Waals surface area contributed by atoms with Crippen molar-refractivity contribution in [1.29, 1.82) is 0 Å². The number of aliphatic hydroxyl groups is 1. The fourth-order valence-corrected chi connectivity index (χ4v) is 4.28. The number of hydrogen-bond acceptors (Lipinski definition) is 7. The number of amides is 2. The zero-order valence-electron chi connectivity index (χ0n) is 19.3. The van der Waals surface area contributed by atoms with Crippen LogP contribution in [-0.2, 0) is 31.5 Å². The van der Waals surface area contributed by atoms with E-state index in [0.717, 1.165) is 11.1 Å². The summed E-state index contributed by atoms with van der Waals surface area (Å²) < 4.78 is 5.44. The first-order chi connectivity index (χ1) is 16.3. The molecule has 0 bridgehead atoms. The van der Waals surface area contributed by atoms with Gasteiger partial charge in [0.25, 0.3) is 5.91 Å². The van der Waals surface area contributed by atoms with Crippen molar-refractivity contribution in [3.63, 3.8) is 0 Å². The van der Waals surface area contributed by atoms with E-state index in [9.17, 15) is 19.5 Å². The fourth-order valence-electron chi connectivity index (χ4n) is 3.28. The Morgan fingerprint density at radius 2 is 1.53 bits per heavy atom. The van der Waals surface area contributed by atoms with E-state index >= 15 is 0 Å². The van der Waals surface area contributed by atoms with Gasteiger partial charge in [-0.15, -0.1) is 0 Å². The second kappa shape index (κ2) is 14.4. The maximum absolute atomic E-state index is 13.0. The van der Waals surface area contributed by atoms with Crippen molar-refractivity contribution in [3.05, 3.63) is 71.8 Å². The van der Waals surface area contributed by atoms with Crippen LogP contribution in [0.5, 0.6) is 0 Å². The van der Waals surface area contributed by atoms with E-state index in [1.165, 1.54) is 17.2 Å². The second-order valence-electron chi connectivity index (χ2n) is 8.31. The van der Waals surface area contributed by atoms with Crippen molar-refractivity contribution in [3.8, 4) is 0 Å². The van der Waals surface area contributed by atoms with Gasteiger partial charge >= 0.3 is 5.97 Å². The molecule has 4 N–H and O–H groups in total. The number of benzene rings is 2. The molecule has 0 saturated heterocycles. The highest BCUT2D eigenvalue weighted by atomic mass is 32.2. The highest BCUT2D eigenvalue weighted by Crippen LogP contribution is 2.19. The Morgan fingerprint density at radius 3 is 2.09 bits per heavy atom.